The Morgan fingerprint density at radius 3 is 2.55 bits per heavy atom. The van der Waals surface area contributed by atoms with E-state index in [0.29, 0.717) is 41.3 Å². The number of nitrogens with one attached hydrogen (secondary N) is 1. The number of hydrogen-bond donors (Lipinski definition) is 1. The number of carbonyl (C=O) groups is 2. The van der Waals surface area contributed by atoms with Gasteiger partial charge in [-0.05, 0) is 92.3 Å². The number of allylic oxidation sites excluding steroid dienone is 1. The standard InChI is InChI=1S/C37H37ClN2O4/c1-24-8-17-34-32(19-24)33(41)22-35(44-34)37(43)39-30(21-26-11-15-29(38)16-12-26)20-25-9-13-27(14-10-25)31-6-3-2-5-28(31)23-40-18-4-7-36(40)42/h2-3,5-6,8,11-12,15-17,19-20,22,27,30H,4,7,9-10,13-14,18,21,23H2,1H3,(H,39,43)/t27?,30-/m1/s1. The zero-order valence-electron chi connectivity index (χ0n) is 25.0. The molecule has 1 aliphatic carbocycles. The third-order valence-corrected chi connectivity index (χ3v) is 9.14. The number of halogens is 1. The predicted octanol–water partition coefficient (Wildman–Crippen LogP) is 7.50. The number of amides is 2. The van der Waals surface area contributed by atoms with Gasteiger partial charge in [-0.1, -0.05) is 71.3 Å². The average Bonchev–Trinajstić information content (AvgIpc) is 3.43. The van der Waals surface area contributed by atoms with Gasteiger partial charge in [-0.25, -0.2) is 0 Å². The number of likely N-dealkylation sites (tertiary alicyclic amines) is 1. The number of benzene rings is 3. The normalized spacial score (nSPS) is 17.6. The Morgan fingerprint density at radius 2 is 1.80 bits per heavy atom. The van der Waals surface area contributed by atoms with Gasteiger partial charge < -0.3 is 14.6 Å². The molecule has 2 amide bonds. The monoisotopic (exact) mass is 608 g/mol. The highest BCUT2D eigenvalue weighted by atomic mass is 35.5. The van der Waals surface area contributed by atoms with Crippen molar-refractivity contribution < 1.29 is 14.0 Å². The lowest BCUT2D eigenvalue weighted by molar-refractivity contribution is -0.128. The fourth-order valence-electron chi connectivity index (χ4n) is 6.55. The summed E-state index contributed by atoms with van der Waals surface area (Å²) in [6.45, 7) is 3.44. The molecule has 2 heterocycles. The maximum atomic E-state index is 13.4. The first-order chi connectivity index (χ1) is 21.3. The van der Waals surface area contributed by atoms with Gasteiger partial charge in [0, 0.05) is 30.6 Å². The molecule has 2 fully saturated rings. The summed E-state index contributed by atoms with van der Waals surface area (Å²) >= 11 is 6.13. The second kappa shape index (κ2) is 13.2. The number of nitrogens with zero attached hydrogens (tertiary/aromatic N) is 1. The molecule has 0 radical (unpaired) electrons. The zero-order valence-corrected chi connectivity index (χ0v) is 25.7. The summed E-state index contributed by atoms with van der Waals surface area (Å²) in [6.07, 6.45) is 8.24. The van der Waals surface area contributed by atoms with Crippen molar-refractivity contribution in [2.75, 3.05) is 6.54 Å². The van der Waals surface area contributed by atoms with Gasteiger partial charge in [0.1, 0.15) is 5.58 Å². The molecule has 0 spiro atoms. The number of rotatable bonds is 8. The van der Waals surface area contributed by atoms with E-state index in [1.165, 1.54) is 22.8 Å². The summed E-state index contributed by atoms with van der Waals surface area (Å²) in [5.41, 5.74) is 6.07. The second-order valence-electron chi connectivity index (χ2n) is 12.1. The van der Waals surface area contributed by atoms with Crippen LogP contribution in [0, 0.1) is 6.92 Å². The van der Waals surface area contributed by atoms with Crippen LogP contribution in [-0.4, -0.2) is 29.3 Å². The van der Waals surface area contributed by atoms with Gasteiger partial charge in [-0.2, -0.15) is 0 Å². The highest BCUT2D eigenvalue weighted by Crippen LogP contribution is 2.37. The van der Waals surface area contributed by atoms with E-state index in [4.69, 9.17) is 16.0 Å². The van der Waals surface area contributed by atoms with E-state index in [0.717, 1.165) is 49.8 Å². The molecule has 1 saturated carbocycles. The van der Waals surface area contributed by atoms with E-state index in [-0.39, 0.29) is 23.1 Å². The predicted molar refractivity (Wildman–Crippen MR) is 174 cm³/mol. The molecule has 6 nitrogen and oxygen atoms in total. The van der Waals surface area contributed by atoms with Crippen molar-refractivity contribution in [3.8, 4) is 0 Å². The van der Waals surface area contributed by atoms with E-state index >= 15 is 0 Å². The first-order valence-corrected chi connectivity index (χ1v) is 15.8. The molecular formula is C37H37ClN2O4. The van der Waals surface area contributed by atoms with Crippen molar-refractivity contribution in [1.82, 2.24) is 10.2 Å². The highest BCUT2D eigenvalue weighted by Gasteiger charge is 2.25. The third kappa shape index (κ3) is 6.97. The van der Waals surface area contributed by atoms with Crippen LogP contribution in [0.1, 0.15) is 77.3 Å². The van der Waals surface area contributed by atoms with Crippen LogP contribution in [0.3, 0.4) is 0 Å². The zero-order chi connectivity index (χ0) is 30.6. The third-order valence-electron chi connectivity index (χ3n) is 8.88. The summed E-state index contributed by atoms with van der Waals surface area (Å²) in [4.78, 5) is 40.5. The van der Waals surface area contributed by atoms with Gasteiger partial charge >= 0.3 is 0 Å². The molecule has 1 N–H and O–H groups in total. The molecule has 6 rings (SSSR count). The van der Waals surface area contributed by atoms with Crippen LogP contribution in [0.2, 0.25) is 5.02 Å². The molecule has 3 aromatic carbocycles. The summed E-state index contributed by atoms with van der Waals surface area (Å²) < 4.78 is 5.87. The molecule has 1 aliphatic heterocycles. The first-order valence-electron chi connectivity index (χ1n) is 15.5. The van der Waals surface area contributed by atoms with Gasteiger partial charge in [-0.15, -0.1) is 0 Å². The largest absolute Gasteiger partial charge is 0.451 e. The van der Waals surface area contributed by atoms with Crippen LogP contribution in [0.5, 0.6) is 0 Å². The van der Waals surface area contributed by atoms with Crippen molar-refractivity contribution in [2.45, 2.75) is 70.4 Å². The van der Waals surface area contributed by atoms with E-state index in [9.17, 15) is 14.4 Å². The van der Waals surface area contributed by atoms with Gasteiger partial charge in [-0.3, -0.25) is 14.4 Å². The SMILES string of the molecule is Cc1ccc2oc(C(=O)N[C@H](C=C3CCC(c4ccccc4CN4CCCC4=O)CC3)Cc3ccc(Cl)cc3)cc(=O)c2c1. The molecule has 2 aliphatic rings. The van der Waals surface area contributed by atoms with Crippen LogP contribution in [0.4, 0.5) is 0 Å². The van der Waals surface area contributed by atoms with Gasteiger partial charge in [0.15, 0.2) is 11.2 Å². The van der Waals surface area contributed by atoms with Gasteiger partial charge in [0.05, 0.1) is 11.4 Å². The minimum Gasteiger partial charge on any atom is -0.451 e. The Kier molecular flexibility index (Phi) is 8.99. The smallest absolute Gasteiger partial charge is 0.287 e. The van der Waals surface area contributed by atoms with Crippen LogP contribution in [-0.2, 0) is 17.8 Å². The molecular weight excluding hydrogens is 572 g/mol. The fourth-order valence-corrected chi connectivity index (χ4v) is 6.68. The first kappa shape index (κ1) is 29.9. The molecule has 44 heavy (non-hydrogen) atoms. The van der Waals surface area contributed by atoms with Crippen molar-refractivity contribution >= 4 is 34.4 Å². The van der Waals surface area contributed by atoms with Crippen LogP contribution in [0.25, 0.3) is 11.0 Å². The van der Waals surface area contributed by atoms with Crippen LogP contribution < -0.4 is 10.7 Å². The average molecular weight is 609 g/mol. The quantitative estimate of drug-likeness (QED) is 0.210. The Hall–Kier alpha value is -4.16. The molecule has 0 bridgehead atoms. The van der Waals surface area contributed by atoms with Crippen LogP contribution >= 0.6 is 11.6 Å². The molecule has 226 valence electrons. The molecule has 0 unspecified atom stereocenters. The Morgan fingerprint density at radius 1 is 1.02 bits per heavy atom. The topological polar surface area (TPSA) is 79.6 Å². The van der Waals surface area contributed by atoms with Gasteiger partial charge in [0.2, 0.25) is 5.91 Å². The minimum absolute atomic E-state index is 0.00246. The summed E-state index contributed by atoms with van der Waals surface area (Å²) in [6, 6.07) is 22.6. The van der Waals surface area contributed by atoms with Crippen molar-refractivity contribution in [3.05, 3.63) is 128 Å². The number of fused-ring (bicyclic) bond motifs is 1. The van der Waals surface area contributed by atoms with E-state index in [2.05, 4.69) is 35.7 Å². The summed E-state index contributed by atoms with van der Waals surface area (Å²) in [5, 5.41) is 4.25. The maximum Gasteiger partial charge on any atom is 0.287 e. The lowest BCUT2D eigenvalue weighted by Crippen LogP contribution is -2.36. The second-order valence-corrected chi connectivity index (χ2v) is 12.5. The van der Waals surface area contributed by atoms with E-state index in [1.54, 1.807) is 12.1 Å². The Balaban J connectivity index is 1.19. The summed E-state index contributed by atoms with van der Waals surface area (Å²) in [7, 11) is 0. The lowest BCUT2D eigenvalue weighted by atomic mass is 9.79. The molecule has 4 aromatic rings. The van der Waals surface area contributed by atoms with E-state index in [1.807, 2.05) is 42.2 Å². The molecule has 1 atom stereocenters. The van der Waals surface area contributed by atoms with Crippen molar-refractivity contribution in [3.63, 3.8) is 0 Å². The number of carbonyl (C=O) groups excluding carboxylic acids is 2. The Labute approximate surface area is 262 Å². The number of aryl methyl sites for hydroxylation is 1. The molecule has 1 aromatic heterocycles. The maximum absolute atomic E-state index is 13.4. The van der Waals surface area contributed by atoms with Crippen molar-refractivity contribution in [1.29, 1.82) is 0 Å². The summed E-state index contributed by atoms with van der Waals surface area (Å²) in [5.74, 6) is 0.267. The number of hydrogen-bond acceptors (Lipinski definition) is 4. The molecule has 1 saturated heterocycles. The Bertz CT molecular complexity index is 1760. The minimum atomic E-state index is -0.417. The van der Waals surface area contributed by atoms with E-state index < -0.39 is 5.91 Å². The lowest BCUT2D eigenvalue weighted by Gasteiger charge is -2.28. The highest BCUT2D eigenvalue weighted by molar-refractivity contribution is 6.30. The van der Waals surface area contributed by atoms with Crippen LogP contribution in [0.15, 0.2) is 93.7 Å². The fraction of sp³-hybridized carbons (Fsp3) is 0.324. The van der Waals surface area contributed by atoms with Crippen molar-refractivity contribution in [2.24, 2.45) is 0 Å². The van der Waals surface area contributed by atoms with Gasteiger partial charge in [0.25, 0.3) is 5.91 Å². The molecule has 7 heteroatoms.